The minimum atomic E-state index is -3.46. The third-order valence-corrected chi connectivity index (χ3v) is 4.59. The van der Waals surface area contributed by atoms with Gasteiger partial charge in [-0.3, -0.25) is 0 Å². The van der Waals surface area contributed by atoms with Crippen LogP contribution >= 0.6 is 0 Å². The molecule has 1 aromatic carbocycles. The molecule has 0 amide bonds. The van der Waals surface area contributed by atoms with Crippen molar-refractivity contribution >= 4 is 16.2 Å². The third-order valence-electron chi connectivity index (χ3n) is 3.04. The second-order valence-corrected chi connectivity index (χ2v) is 6.19. The summed E-state index contributed by atoms with van der Waals surface area (Å²) in [6.45, 7) is 1.19. The number of rotatable bonds is 5. The average Bonchev–Trinajstić information content (AvgIpc) is 2.91. The summed E-state index contributed by atoms with van der Waals surface area (Å²) in [5.74, 6) is -1.02. The topological polar surface area (TPSA) is 86.7 Å². The van der Waals surface area contributed by atoms with Crippen LogP contribution in [0.5, 0.6) is 0 Å². The first-order valence-electron chi connectivity index (χ1n) is 6.06. The highest BCUT2D eigenvalue weighted by atomic mass is 32.2. The number of carbonyl (C=O) groups is 1. The van der Waals surface area contributed by atoms with Gasteiger partial charge in [0.2, 0.25) is 0 Å². The zero-order valence-corrected chi connectivity index (χ0v) is 11.2. The number of aromatic carboxylic acids is 1. The molecule has 1 saturated heterocycles. The molecule has 19 heavy (non-hydrogen) atoms. The lowest BCUT2D eigenvalue weighted by Gasteiger charge is -2.16. The van der Waals surface area contributed by atoms with Gasteiger partial charge in [-0.1, -0.05) is 12.1 Å². The van der Waals surface area contributed by atoms with Crippen molar-refractivity contribution in [3.05, 3.63) is 35.4 Å². The predicted molar refractivity (Wildman–Crippen MR) is 70.0 cm³/mol. The second-order valence-electron chi connectivity index (χ2n) is 4.44. The van der Waals surface area contributed by atoms with E-state index < -0.39 is 16.2 Å². The third kappa shape index (κ3) is 3.52. The molecule has 1 aliphatic rings. The molecule has 0 spiro atoms. The van der Waals surface area contributed by atoms with E-state index in [-0.39, 0.29) is 12.1 Å². The Labute approximate surface area is 112 Å². The molecule has 0 saturated carbocycles. The lowest BCUT2D eigenvalue weighted by Crippen LogP contribution is -2.38. The molecule has 6 nitrogen and oxygen atoms in total. The van der Waals surface area contributed by atoms with E-state index >= 15 is 0 Å². The Morgan fingerprint density at radius 2 is 2.00 bits per heavy atom. The summed E-state index contributed by atoms with van der Waals surface area (Å²) < 4.78 is 27.7. The molecule has 0 unspecified atom stereocenters. The van der Waals surface area contributed by atoms with Crippen LogP contribution in [0.3, 0.4) is 0 Å². The molecular weight excluding hydrogens is 268 g/mol. The molecule has 1 aliphatic heterocycles. The summed E-state index contributed by atoms with van der Waals surface area (Å²) in [5, 5.41) is 8.86. The maximum Gasteiger partial charge on any atom is 0.335 e. The molecule has 0 aromatic heterocycles. The van der Waals surface area contributed by atoms with E-state index in [1.165, 1.54) is 16.4 Å². The number of nitrogens with zero attached hydrogens (tertiary/aromatic N) is 1. The van der Waals surface area contributed by atoms with Crippen LogP contribution in [0.15, 0.2) is 24.3 Å². The largest absolute Gasteiger partial charge is 0.478 e. The molecule has 1 fully saturated rings. The highest BCUT2D eigenvalue weighted by Gasteiger charge is 2.24. The van der Waals surface area contributed by atoms with Crippen molar-refractivity contribution in [2.75, 3.05) is 13.1 Å². The first-order chi connectivity index (χ1) is 8.99. The number of carboxylic acid groups (broad SMARTS) is 1. The number of hydrogen-bond donors (Lipinski definition) is 2. The summed E-state index contributed by atoms with van der Waals surface area (Å²) in [7, 11) is -3.46. The van der Waals surface area contributed by atoms with Gasteiger partial charge < -0.3 is 5.11 Å². The summed E-state index contributed by atoms with van der Waals surface area (Å²) in [4.78, 5) is 10.8. The predicted octanol–water partition coefficient (Wildman–Crippen LogP) is 0.815. The zero-order chi connectivity index (χ0) is 13.9. The molecule has 0 radical (unpaired) electrons. The van der Waals surface area contributed by atoms with E-state index in [4.69, 9.17) is 5.11 Å². The lowest BCUT2D eigenvalue weighted by atomic mass is 10.1. The van der Waals surface area contributed by atoms with Gasteiger partial charge >= 0.3 is 5.97 Å². The second kappa shape index (κ2) is 5.68. The van der Waals surface area contributed by atoms with Gasteiger partial charge in [0.1, 0.15) is 0 Å². The fraction of sp³-hybridized carbons (Fsp3) is 0.417. The Morgan fingerprint density at radius 1 is 1.32 bits per heavy atom. The van der Waals surface area contributed by atoms with E-state index in [0.29, 0.717) is 18.7 Å². The van der Waals surface area contributed by atoms with Crippen molar-refractivity contribution in [2.24, 2.45) is 0 Å². The van der Waals surface area contributed by atoms with Gasteiger partial charge in [0, 0.05) is 19.6 Å². The van der Waals surface area contributed by atoms with Gasteiger partial charge in [0.25, 0.3) is 10.2 Å². The summed E-state index contributed by atoms with van der Waals surface area (Å²) >= 11 is 0. The molecule has 1 heterocycles. The fourth-order valence-corrected chi connectivity index (χ4v) is 3.28. The summed E-state index contributed by atoms with van der Waals surface area (Å²) in [6, 6.07) is 6.23. The van der Waals surface area contributed by atoms with Gasteiger partial charge in [0.05, 0.1) is 5.56 Å². The first-order valence-corrected chi connectivity index (χ1v) is 7.50. The van der Waals surface area contributed by atoms with Crippen molar-refractivity contribution in [3.8, 4) is 0 Å². The quantitative estimate of drug-likeness (QED) is 0.838. The van der Waals surface area contributed by atoms with E-state index in [1.807, 2.05) is 0 Å². The highest BCUT2D eigenvalue weighted by Crippen LogP contribution is 2.12. The molecule has 2 rings (SSSR count). The molecule has 0 aliphatic carbocycles. The summed E-state index contributed by atoms with van der Waals surface area (Å²) in [6.07, 6.45) is 1.77. The Bertz CT molecular complexity index is 565. The van der Waals surface area contributed by atoms with E-state index in [0.717, 1.165) is 12.8 Å². The van der Waals surface area contributed by atoms with Crippen LogP contribution in [0, 0.1) is 0 Å². The molecule has 2 N–H and O–H groups in total. The maximum atomic E-state index is 11.9. The summed E-state index contributed by atoms with van der Waals surface area (Å²) in [5.41, 5.74) is 0.778. The molecule has 0 atom stereocenters. The Kier molecular flexibility index (Phi) is 4.18. The van der Waals surface area contributed by atoms with Crippen molar-refractivity contribution in [1.82, 2.24) is 9.03 Å². The van der Waals surface area contributed by atoms with Crippen molar-refractivity contribution in [1.29, 1.82) is 0 Å². The van der Waals surface area contributed by atoms with Gasteiger partial charge in [-0.05, 0) is 30.5 Å². The standard InChI is InChI=1S/C12H16N2O4S/c15-12(16)11-5-3-4-10(8-11)9-13-19(17,18)14-6-1-2-7-14/h3-5,8,13H,1-2,6-7,9H2,(H,15,16). The number of nitrogens with one attached hydrogen (secondary N) is 1. The zero-order valence-electron chi connectivity index (χ0n) is 10.4. The van der Waals surface area contributed by atoms with Crippen LogP contribution < -0.4 is 4.72 Å². The fourth-order valence-electron chi connectivity index (χ4n) is 2.01. The van der Waals surface area contributed by atoms with Gasteiger partial charge in [-0.25, -0.2) is 4.79 Å². The lowest BCUT2D eigenvalue weighted by molar-refractivity contribution is 0.0696. The Hall–Kier alpha value is -1.44. The first kappa shape index (κ1) is 14.0. The van der Waals surface area contributed by atoms with Crippen molar-refractivity contribution in [2.45, 2.75) is 19.4 Å². The van der Waals surface area contributed by atoms with Gasteiger partial charge in [0.15, 0.2) is 0 Å². The van der Waals surface area contributed by atoms with Crippen LogP contribution in [-0.4, -0.2) is 36.9 Å². The van der Waals surface area contributed by atoms with E-state index in [1.54, 1.807) is 12.1 Å². The van der Waals surface area contributed by atoms with Crippen molar-refractivity contribution < 1.29 is 18.3 Å². The number of benzene rings is 1. The van der Waals surface area contributed by atoms with Crippen LogP contribution in [0.4, 0.5) is 0 Å². The Balaban J connectivity index is 2.02. The van der Waals surface area contributed by atoms with Gasteiger partial charge in [-0.2, -0.15) is 17.4 Å². The monoisotopic (exact) mass is 284 g/mol. The average molecular weight is 284 g/mol. The normalized spacial score (nSPS) is 16.6. The smallest absolute Gasteiger partial charge is 0.335 e. The van der Waals surface area contributed by atoms with E-state index in [2.05, 4.69) is 4.72 Å². The molecule has 7 heteroatoms. The molecule has 0 bridgehead atoms. The van der Waals surface area contributed by atoms with Crippen molar-refractivity contribution in [3.63, 3.8) is 0 Å². The van der Waals surface area contributed by atoms with Crippen LogP contribution in [0.1, 0.15) is 28.8 Å². The molecular formula is C12H16N2O4S. The van der Waals surface area contributed by atoms with E-state index in [9.17, 15) is 13.2 Å². The van der Waals surface area contributed by atoms with Gasteiger partial charge in [-0.15, -0.1) is 0 Å². The molecule has 104 valence electrons. The highest BCUT2D eigenvalue weighted by molar-refractivity contribution is 7.87. The van der Waals surface area contributed by atoms with Crippen LogP contribution in [0.2, 0.25) is 0 Å². The minimum absolute atomic E-state index is 0.0972. The maximum absolute atomic E-state index is 11.9. The van der Waals surface area contributed by atoms with Crippen LogP contribution in [0.25, 0.3) is 0 Å². The Morgan fingerprint density at radius 3 is 2.63 bits per heavy atom. The SMILES string of the molecule is O=C(O)c1cccc(CNS(=O)(=O)N2CCCC2)c1. The van der Waals surface area contributed by atoms with Crippen LogP contribution in [-0.2, 0) is 16.8 Å². The molecule has 1 aromatic rings. The number of hydrogen-bond acceptors (Lipinski definition) is 3. The minimum Gasteiger partial charge on any atom is -0.478 e. The number of carboxylic acids is 1.